The number of allylic oxidation sites excluding steroid dienone is 4. The monoisotopic (exact) mass is 1020 g/mol. The van der Waals surface area contributed by atoms with E-state index in [1.165, 1.54) is 205 Å². The molecule has 8 N–H and O–H groups in total. The Morgan fingerprint density at radius 2 is 0.847 bits per heavy atom. The highest BCUT2D eigenvalue weighted by Gasteiger charge is 2.44. The molecule has 11 heteroatoms. The summed E-state index contributed by atoms with van der Waals surface area (Å²) >= 11 is 0. The van der Waals surface area contributed by atoms with Crippen molar-refractivity contribution in [3.63, 3.8) is 0 Å². The van der Waals surface area contributed by atoms with Crippen molar-refractivity contribution >= 4 is 5.91 Å². The first-order valence-electron chi connectivity index (χ1n) is 30.7. The van der Waals surface area contributed by atoms with Crippen LogP contribution in [0.15, 0.2) is 24.3 Å². The van der Waals surface area contributed by atoms with Gasteiger partial charge >= 0.3 is 0 Å². The molecule has 0 aliphatic carbocycles. The van der Waals surface area contributed by atoms with Gasteiger partial charge in [-0.3, -0.25) is 4.79 Å². The van der Waals surface area contributed by atoms with Crippen LogP contribution >= 0.6 is 0 Å². The second-order valence-corrected chi connectivity index (χ2v) is 21.8. The Balaban J connectivity index is 2.18. The third-order valence-corrected chi connectivity index (χ3v) is 15.0. The molecule has 1 aliphatic heterocycles. The first-order chi connectivity index (χ1) is 35.2. The maximum atomic E-state index is 13.2. The predicted molar refractivity (Wildman–Crippen MR) is 298 cm³/mol. The van der Waals surface area contributed by atoms with Crippen molar-refractivity contribution in [3.05, 3.63) is 24.3 Å². The number of aliphatic hydroxyl groups excluding tert-OH is 7. The van der Waals surface area contributed by atoms with Crippen molar-refractivity contribution in [1.29, 1.82) is 0 Å². The first-order valence-corrected chi connectivity index (χ1v) is 30.7. The molecule has 0 spiro atoms. The Morgan fingerprint density at radius 3 is 1.24 bits per heavy atom. The van der Waals surface area contributed by atoms with Crippen LogP contribution in [0, 0.1) is 0 Å². The second-order valence-electron chi connectivity index (χ2n) is 21.8. The molecule has 0 aromatic heterocycles. The van der Waals surface area contributed by atoms with Gasteiger partial charge in [0.25, 0.3) is 0 Å². The summed E-state index contributed by atoms with van der Waals surface area (Å²) in [7, 11) is 0. The van der Waals surface area contributed by atoms with Gasteiger partial charge in [-0.1, -0.05) is 269 Å². The summed E-state index contributed by atoms with van der Waals surface area (Å²) in [6.07, 6.45) is 49.6. The van der Waals surface area contributed by atoms with Gasteiger partial charge in [0, 0.05) is 0 Å². The topological polar surface area (TPSA) is 189 Å². The summed E-state index contributed by atoms with van der Waals surface area (Å²) in [5.74, 6) is -0.693. The number of aliphatic hydroxyl groups is 7. The fourth-order valence-electron chi connectivity index (χ4n) is 10.0. The maximum Gasteiger partial charge on any atom is 0.249 e. The van der Waals surface area contributed by atoms with E-state index in [0.717, 1.165) is 44.9 Å². The third kappa shape index (κ3) is 38.2. The smallest absolute Gasteiger partial charge is 0.249 e. The van der Waals surface area contributed by atoms with Gasteiger partial charge in [-0.15, -0.1) is 0 Å². The summed E-state index contributed by atoms with van der Waals surface area (Å²) in [5, 5.41) is 76.1. The molecule has 1 saturated heterocycles. The van der Waals surface area contributed by atoms with E-state index in [2.05, 4.69) is 43.5 Å². The zero-order valence-corrected chi connectivity index (χ0v) is 46.7. The van der Waals surface area contributed by atoms with Gasteiger partial charge in [-0.2, -0.15) is 0 Å². The molecule has 72 heavy (non-hydrogen) atoms. The number of carbonyl (C=O) groups excluding carboxylic acids is 1. The van der Waals surface area contributed by atoms with Gasteiger partial charge in [-0.25, -0.2) is 0 Å². The molecule has 1 heterocycles. The Hall–Kier alpha value is -1.41. The Morgan fingerprint density at radius 1 is 0.486 bits per heavy atom. The van der Waals surface area contributed by atoms with E-state index in [0.29, 0.717) is 19.3 Å². The number of hydrogen-bond acceptors (Lipinski definition) is 10. The molecular formula is C61H117NO10. The molecule has 426 valence electrons. The fraction of sp³-hybridized carbons (Fsp3) is 0.918. The number of carbonyl (C=O) groups is 1. The lowest BCUT2D eigenvalue weighted by atomic mass is 9.98. The van der Waals surface area contributed by atoms with Crippen LogP contribution in [0.2, 0.25) is 0 Å². The summed E-state index contributed by atoms with van der Waals surface area (Å²) in [6, 6.07) is -1.17. The zero-order valence-electron chi connectivity index (χ0n) is 46.7. The zero-order chi connectivity index (χ0) is 52.5. The molecule has 9 unspecified atom stereocenters. The van der Waals surface area contributed by atoms with E-state index in [-0.39, 0.29) is 6.42 Å². The van der Waals surface area contributed by atoms with Gasteiger partial charge in [0.15, 0.2) is 6.29 Å². The molecule has 0 saturated carbocycles. The van der Waals surface area contributed by atoms with E-state index >= 15 is 0 Å². The van der Waals surface area contributed by atoms with E-state index in [1.807, 2.05) is 0 Å². The molecule has 0 radical (unpaired) electrons. The van der Waals surface area contributed by atoms with E-state index in [4.69, 9.17) is 9.47 Å². The normalized spacial score (nSPS) is 20.2. The van der Waals surface area contributed by atoms with Gasteiger partial charge in [0.2, 0.25) is 5.91 Å². The minimum atomic E-state index is -1.66. The highest BCUT2D eigenvalue weighted by Crippen LogP contribution is 2.24. The number of hydrogen-bond donors (Lipinski definition) is 8. The highest BCUT2D eigenvalue weighted by atomic mass is 16.7. The molecule has 0 bridgehead atoms. The molecule has 11 nitrogen and oxygen atoms in total. The predicted octanol–water partition coefficient (Wildman–Crippen LogP) is 13.3. The van der Waals surface area contributed by atoms with Crippen molar-refractivity contribution in [2.75, 3.05) is 13.2 Å². The molecule has 0 aromatic carbocycles. The first kappa shape index (κ1) is 68.6. The van der Waals surface area contributed by atoms with Crippen LogP contribution in [0.4, 0.5) is 0 Å². The average Bonchev–Trinajstić information content (AvgIpc) is 3.38. The van der Waals surface area contributed by atoms with Gasteiger partial charge in [0.1, 0.15) is 36.6 Å². The third-order valence-electron chi connectivity index (χ3n) is 15.0. The van der Waals surface area contributed by atoms with E-state index < -0.39 is 74.2 Å². The second kappa shape index (κ2) is 50.4. The van der Waals surface area contributed by atoms with Crippen molar-refractivity contribution in [3.8, 4) is 0 Å². The maximum absolute atomic E-state index is 13.2. The van der Waals surface area contributed by atoms with Crippen LogP contribution < -0.4 is 5.32 Å². The summed E-state index contributed by atoms with van der Waals surface area (Å²) in [4.78, 5) is 13.2. The van der Waals surface area contributed by atoms with Crippen LogP contribution in [0.25, 0.3) is 0 Å². The van der Waals surface area contributed by atoms with Crippen molar-refractivity contribution in [1.82, 2.24) is 5.32 Å². The Kier molecular flexibility index (Phi) is 48.0. The number of ether oxygens (including phenoxy) is 2. The number of unbranched alkanes of at least 4 members (excludes halogenated alkanes) is 37. The summed E-state index contributed by atoms with van der Waals surface area (Å²) < 4.78 is 11.1. The van der Waals surface area contributed by atoms with Crippen LogP contribution in [-0.2, 0) is 14.3 Å². The Bertz CT molecular complexity index is 1220. The Labute approximate surface area is 442 Å². The minimum absolute atomic E-state index is 0.263. The lowest BCUT2D eigenvalue weighted by Gasteiger charge is -2.40. The number of nitrogens with one attached hydrogen (secondary N) is 1. The fourth-order valence-corrected chi connectivity index (χ4v) is 10.0. The van der Waals surface area contributed by atoms with Gasteiger partial charge in [-0.05, 0) is 44.9 Å². The largest absolute Gasteiger partial charge is 0.394 e. The van der Waals surface area contributed by atoms with Gasteiger partial charge in [0.05, 0.1) is 25.4 Å². The van der Waals surface area contributed by atoms with Crippen LogP contribution in [-0.4, -0.2) is 110 Å². The van der Waals surface area contributed by atoms with Crippen molar-refractivity contribution in [2.24, 2.45) is 0 Å². The van der Waals surface area contributed by atoms with Crippen molar-refractivity contribution in [2.45, 2.75) is 345 Å². The van der Waals surface area contributed by atoms with E-state index in [1.54, 1.807) is 0 Å². The molecule has 1 rings (SSSR count). The molecule has 1 fully saturated rings. The average molecular weight is 1020 g/mol. The van der Waals surface area contributed by atoms with Crippen LogP contribution in [0.3, 0.4) is 0 Å². The summed E-state index contributed by atoms with van der Waals surface area (Å²) in [6.45, 7) is 3.47. The van der Waals surface area contributed by atoms with Crippen molar-refractivity contribution < 1.29 is 50.0 Å². The van der Waals surface area contributed by atoms with Crippen LogP contribution in [0.1, 0.15) is 290 Å². The van der Waals surface area contributed by atoms with Gasteiger partial charge < -0.3 is 50.5 Å². The lowest BCUT2D eigenvalue weighted by Crippen LogP contribution is -2.60. The molecule has 1 amide bonds. The summed E-state index contributed by atoms with van der Waals surface area (Å²) in [5.41, 5.74) is 0. The minimum Gasteiger partial charge on any atom is -0.394 e. The standard InChI is InChI=1S/C61H117NO10/c1-3-5-7-9-11-13-15-17-18-19-20-21-22-23-24-25-26-27-28-29-30-31-32-33-34-35-37-39-41-43-45-47-49-54(65)60(70)62-52(51-71-61-59(69)58(68)57(67)55(50-63)72-61)56(66)53(64)48-46-44-42-40-38-36-16-14-12-10-8-6-4-2/h20-21,23-24,52-59,61,63-69H,3-19,22,25-51H2,1-2H3,(H,62,70)/b21-20-,24-23-. The van der Waals surface area contributed by atoms with Crippen LogP contribution in [0.5, 0.6) is 0 Å². The highest BCUT2D eigenvalue weighted by molar-refractivity contribution is 5.80. The number of amides is 1. The quantitative estimate of drug-likeness (QED) is 0.0215. The molecule has 0 aromatic rings. The molecule has 1 aliphatic rings. The molecule has 9 atom stereocenters. The molecular weight excluding hydrogens is 907 g/mol. The number of rotatable bonds is 53. The van der Waals surface area contributed by atoms with E-state index in [9.17, 15) is 40.5 Å². The SMILES string of the molecule is CCCCCCCCCCC/C=C\C/C=C\CCCCCCCCCCCCCCCCCCC(O)C(=O)NC(COC1OC(CO)C(O)C(O)C1O)C(O)C(O)CCCCCCCCCCCCCCC. The lowest BCUT2D eigenvalue weighted by molar-refractivity contribution is -0.303.